The minimum Gasteiger partial charge on any atom is -0.494 e. The maximum atomic E-state index is 11.8. The number of carbonyl (C=O) groups is 1. The van der Waals surface area contributed by atoms with Crippen LogP contribution in [0.3, 0.4) is 0 Å². The molecule has 0 radical (unpaired) electrons. The molecule has 1 N–H and O–H groups in total. The van der Waals surface area contributed by atoms with Crippen molar-refractivity contribution < 1.29 is 9.53 Å². The van der Waals surface area contributed by atoms with E-state index in [1.165, 1.54) is 19.3 Å². The zero-order chi connectivity index (χ0) is 13.9. The van der Waals surface area contributed by atoms with Crippen molar-refractivity contribution in [2.45, 2.75) is 52.4 Å². The van der Waals surface area contributed by atoms with Crippen LogP contribution in [0.15, 0.2) is 24.3 Å². The molecule has 0 aliphatic heterocycles. The van der Waals surface area contributed by atoms with Gasteiger partial charge in [0.15, 0.2) is 0 Å². The van der Waals surface area contributed by atoms with Crippen molar-refractivity contribution in [3.05, 3.63) is 24.3 Å². The molecule has 0 aliphatic rings. The second kappa shape index (κ2) is 9.42. The first-order chi connectivity index (χ1) is 9.26. The molecule has 0 fully saturated rings. The van der Waals surface area contributed by atoms with Crippen LogP contribution in [0.25, 0.3) is 0 Å². The van der Waals surface area contributed by atoms with E-state index < -0.39 is 0 Å². The number of anilines is 1. The second-order valence-corrected chi connectivity index (χ2v) is 4.67. The van der Waals surface area contributed by atoms with Crippen molar-refractivity contribution in [3.8, 4) is 5.75 Å². The summed E-state index contributed by atoms with van der Waals surface area (Å²) in [5.74, 6) is 0.883. The van der Waals surface area contributed by atoms with E-state index in [4.69, 9.17) is 4.74 Å². The fraction of sp³-hybridized carbons (Fsp3) is 0.562. The third kappa shape index (κ3) is 6.85. The lowest BCUT2D eigenvalue weighted by molar-refractivity contribution is -0.116. The van der Waals surface area contributed by atoms with Gasteiger partial charge in [0.2, 0.25) is 5.91 Å². The molecule has 0 heterocycles. The average molecular weight is 263 g/mol. The fourth-order valence-electron chi connectivity index (χ4n) is 1.94. The molecular weight excluding hydrogens is 238 g/mol. The van der Waals surface area contributed by atoms with Gasteiger partial charge < -0.3 is 10.1 Å². The van der Waals surface area contributed by atoms with Gasteiger partial charge in [0.05, 0.1) is 6.61 Å². The van der Waals surface area contributed by atoms with Gasteiger partial charge in [0.25, 0.3) is 0 Å². The van der Waals surface area contributed by atoms with E-state index >= 15 is 0 Å². The largest absolute Gasteiger partial charge is 0.494 e. The molecule has 1 aromatic carbocycles. The number of ether oxygens (including phenoxy) is 1. The maximum Gasteiger partial charge on any atom is 0.224 e. The molecule has 0 bridgehead atoms. The minimum atomic E-state index is 0.0881. The molecule has 1 amide bonds. The van der Waals surface area contributed by atoms with E-state index in [0.29, 0.717) is 13.0 Å². The van der Waals surface area contributed by atoms with Gasteiger partial charge in [-0.05, 0) is 25.5 Å². The first kappa shape index (κ1) is 15.5. The van der Waals surface area contributed by atoms with Crippen molar-refractivity contribution in [3.63, 3.8) is 0 Å². The summed E-state index contributed by atoms with van der Waals surface area (Å²) in [6.45, 7) is 4.77. The van der Waals surface area contributed by atoms with Crippen molar-refractivity contribution >= 4 is 11.6 Å². The number of benzene rings is 1. The van der Waals surface area contributed by atoms with Gasteiger partial charge in [0.1, 0.15) is 5.75 Å². The van der Waals surface area contributed by atoms with Crippen LogP contribution in [-0.2, 0) is 4.79 Å². The molecule has 0 atom stereocenters. The van der Waals surface area contributed by atoms with E-state index in [1.54, 1.807) is 0 Å². The lowest BCUT2D eigenvalue weighted by Gasteiger charge is -2.08. The first-order valence-electron chi connectivity index (χ1n) is 7.29. The molecule has 19 heavy (non-hydrogen) atoms. The van der Waals surface area contributed by atoms with Gasteiger partial charge in [-0.25, -0.2) is 0 Å². The van der Waals surface area contributed by atoms with Crippen molar-refractivity contribution in [2.24, 2.45) is 0 Å². The number of hydrogen-bond donors (Lipinski definition) is 1. The van der Waals surface area contributed by atoms with Crippen LogP contribution in [0.1, 0.15) is 52.4 Å². The predicted molar refractivity (Wildman–Crippen MR) is 79.6 cm³/mol. The summed E-state index contributed by atoms with van der Waals surface area (Å²) in [6, 6.07) is 7.53. The van der Waals surface area contributed by atoms with Crippen molar-refractivity contribution in [1.82, 2.24) is 0 Å². The standard InChI is InChI=1S/C16H25NO2/c1-3-5-6-7-8-12-16(18)17-14-10-9-11-15(13-14)19-4-2/h9-11,13H,3-8,12H2,1-2H3,(H,17,18). The highest BCUT2D eigenvalue weighted by molar-refractivity contribution is 5.90. The molecular formula is C16H25NO2. The molecule has 106 valence electrons. The van der Waals surface area contributed by atoms with Crippen LogP contribution < -0.4 is 10.1 Å². The Balaban J connectivity index is 2.29. The summed E-state index contributed by atoms with van der Waals surface area (Å²) < 4.78 is 5.40. The number of nitrogens with one attached hydrogen (secondary N) is 1. The fourth-order valence-corrected chi connectivity index (χ4v) is 1.94. The average Bonchev–Trinajstić information content (AvgIpc) is 2.39. The smallest absolute Gasteiger partial charge is 0.224 e. The van der Waals surface area contributed by atoms with Gasteiger partial charge in [-0.2, -0.15) is 0 Å². The lowest BCUT2D eigenvalue weighted by Crippen LogP contribution is -2.11. The molecule has 0 aliphatic carbocycles. The van der Waals surface area contributed by atoms with Gasteiger partial charge in [-0.15, -0.1) is 0 Å². The summed E-state index contributed by atoms with van der Waals surface area (Å²) >= 11 is 0. The molecule has 0 saturated carbocycles. The number of hydrogen-bond acceptors (Lipinski definition) is 2. The van der Waals surface area contributed by atoms with Crippen molar-refractivity contribution in [2.75, 3.05) is 11.9 Å². The Morgan fingerprint density at radius 2 is 1.95 bits per heavy atom. The second-order valence-electron chi connectivity index (χ2n) is 4.67. The van der Waals surface area contributed by atoms with Crippen molar-refractivity contribution in [1.29, 1.82) is 0 Å². The number of unbranched alkanes of at least 4 members (excludes halogenated alkanes) is 4. The lowest BCUT2D eigenvalue weighted by atomic mass is 10.1. The Bertz CT molecular complexity index is 377. The monoisotopic (exact) mass is 263 g/mol. The van der Waals surface area contributed by atoms with E-state index in [1.807, 2.05) is 31.2 Å². The molecule has 1 aromatic rings. The van der Waals surface area contributed by atoms with Gasteiger partial charge in [-0.3, -0.25) is 4.79 Å². The summed E-state index contributed by atoms with van der Waals surface area (Å²) in [7, 11) is 0. The highest BCUT2D eigenvalue weighted by atomic mass is 16.5. The molecule has 0 unspecified atom stereocenters. The van der Waals surface area contributed by atoms with Crippen LogP contribution >= 0.6 is 0 Å². The molecule has 0 aromatic heterocycles. The minimum absolute atomic E-state index is 0.0881. The number of amides is 1. The Morgan fingerprint density at radius 3 is 2.68 bits per heavy atom. The van der Waals surface area contributed by atoms with E-state index in [2.05, 4.69) is 12.2 Å². The first-order valence-corrected chi connectivity index (χ1v) is 7.29. The third-order valence-corrected chi connectivity index (χ3v) is 2.94. The zero-order valence-corrected chi connectivity index (χ0v) is 12.1. The Hall–Kier alpha value is -1.51. The highest BCUT2D eigenvalue weighted by Crippen LogP contribution is 2.17. The Kier molecular flexibility index (Phi) is 7.71. The van der Waals surface area contributed by atoms with Gasteiger partial charge >= 0.3 is 0 Å². The quantitative estimate of drug-likeness (QED) is 0.671. The van der Waals surface area contributed by atoms with Crippen LogP contribution in [0.5, 0.6) is 5.75 Å². The predicted octanol–water partition coefficient (Wildman–Crippen LogP) is 4.38. The van der Waals surface area contributed by atoms with E-state index in [9.17, 15) is 4.79 Å². The topological polar surface area (TPSA) is 38.3 Å². The third-order valence-electron chi connectivity index (χ3n) is 2.94. The highest BCUT2D eigenvalue weighted by Gasteiger charge is 2.03. The summed E-state index contributed by atoms with van der Waals surface area (Å²) in [5, 5.41) is 2.91. The van der Waals surface area contributed by atoms with Crippen LogP contribution in [-0.4, -0.2) is 12.5 Å². The molecule has 0 spiro atoms. The van der Waals surface area contributed by atoms with E-state index in [-0.39, 0.29) is 5.91 Å². The molecule has 3 heteroatoms. The molecule has 3 nitrogen and oxygen atoms in total. The maximum absolute atomic E-state index is 11.8. The van der Waals surface area contributed by atoms with Gasteiger partial charge in [0, 0.05) is 18.2 Å². The SMILES string of the molecule is CCCCCCCC(=O)Nc1cccc(OCC)c1. The Morgan fingerprint density at radius 1 is 1.16 bits per heavy atom. The summed E-state index contributed by atoms with van der Waals surface area (Å²) in [6.07, 6.45) is 6.43. The number of carbonyl (C=O) groups excluding carboxylic acids is 1. The van der Waals surface area contributed by atoms with E-state index in [0.717, 1.165) is 24.3 Å². The summed E-state index contributed by atoms with van der Waals surface area (Å²) in [4.78, 5) is 11.8. The van der Waals surface area contributed by atoms with Crippen LogP contribution in [0, 0.1) is 0 Å². The zero-order valence-electron chi connectivity index (χ0n) is 12.1. The molecule has 1 rings (SSSR count). The number of rotatable bonds is 9. The molecule has 0 saturated heterocycles. The normalized spacial score (nSPS) is 10.2. The summed E-state index contributed by atoms with van der Waals surface area (Å²) in [5.41, 5.74) is 0.810. The van der Waals surface area contributed by atoms with Crippen LogP contribution in [0.4, 0.5) is 5.69 Å². The van der Waals surface area contributed by atoms with Crippen LogP contribution in [0.2, 0.25) is 0 Å². The van der Waals surface area contributed by atoms with Gasteiger partial charge in [-0.1, -0.05) is 38.7 Å². The Labute approximate surface area is 116 Å².